The van der Waals surface area contributed by atoms with Crippen LogP contribution in [0.15, 0.2) is 48.5 Å². The third-order valence-electron chi connectivity index (χ3n) is 6.00. The minimum absolute atomic E-state index is 0.123. The first-order chi connectivity index (χ1) is 15.0. The van der Waals surface area contributed by atoms with Crippen molar-refractivity contribution in [3.63, 3.8) is 0 Å². The zero-order valence-corrected chi connectivity index (χ0v) is 18.3. The normalized spacial score (nSPS) is 18.6. The van der Waals surface area contributed by atoms with Crippen LogP contribution in [0.3, 0.4) is 0 Å². The van der Waals surface area contributed by atoms with Gasteiger partial charge in [-0.15, -0.1) is 0 Å². The van der Waals surface area contributed by atoms with Crippen molar-refractivity contribution in [3.05, 3.63) is 64.8 Å². The molecule has 0 saturated carbocycles. The predicted octanol–water partition coefficient (Wildman–Crippen LogP) is 3.08. The fraction of sp³-hybridized carbons (Fsp3) is 0.333. The summed E-state index contributed by atoms with van der Waals surface area (Å²) in [5.74, 6) is 0.00938. The van der Waals surface area contributed by atoms with Crippen LogP contribution < -0.4 is 10.2 Å². The second-order valence-corrected chi connectivity index (χ2v) is 8.60. The predicted molar refractivity (Wildman–Crippen MR) is 122 cm³/mol. The van der Waals surface area contributed by atoms with E-state index in [4.69, 9.17) is 16.3 Å². The van der Waals surface area contributed by atoms with Gasteiger partial charge in [0.05, 0.1) is 25.9 Å². The average Bonchev–Trinajstić information content (AvgIpc) is 3.12. The lowest BCUT2D eigenvalue weighted by molar-refractivity contribution is -0.898. The van der Waals surface area contributed by atoms with Crippen LogP contribution in [0.5, 0.6) is 0 Å². The van der Waals surface area contributed by atoms with Crippen molar-refractivity contribution >= 4 is 40.1 Å². The molecular formula is C24H27ClN3O3+. The van der Waals surface area contributed by atoms with Crippen LogP contribution in [-0.4, -0.2) is 43.6 Å². The molecule has 7 heteroatoms. The van der Waals surface area contributed by atoms with Gasteiger partial charge in [0.1, 0.15) is 5.69 Å². The number of piperidine rings is 1. The van der Waals surface area contributed by atoms with E-state index in [2.05, 4.69) is 34.6 Å². The number of aromatic nitrogens is 1. The molecule has 0 atom stereocenters. The number of ether oxygens (including phenoxy) is 1. The fourth-order valence-corrected chi connectivity index (χ4v) is 4.55. The zero-order valence-electron chi connectivity index (χ0n) is 17.5. The number of anilines is 1. The SMILES string of the molecule is COC(=O)c1[nH]c2ccc(Cl)cc2c1NC(=O)C[NH+]1CCC(Cc2ccccc2)CC1. The molecule has 3 aromatic rings. The summed E-state index contributed by atoms with van der Waals surface area (Å²) in [4.78, 5) is 29.3. The number of quaternary nitrogens is 1. The number of aromatic amines is 1. The molecule has 3 N–H and O–H groups in total. The van der Waals surface area contributed by atoms with E-state index in [-0.39, 0.29) is 11.6 Å². The van der Waals surface area contributed by atoms with Crippen LogP contribution in [0.2, 0.25) is 5.02 Å². The summed E-state index contributed by atoms with van der Waals surface area (Å²) in [7, 11) is 1.32. The first kappa shape index (κ1) is 21.4. The van der Waals surface area contributed by atoms with Crippen LogP contribution in [0.1, 0.15) is 28.9 Å². The van der Waals surface area contributed by atoms with E-state index in [9.17, 15) is 9.59 Å². The molecule has 2 aromatic carbocycles. The Labute approximate surface area is 186 Å². The molecule has 0 spiro atoms. The highest BCUT2D eigenvalue weighted by Crippen LogP contribution is 2.30. The second kappa shape index (κ2) is 9.54. The number of rotatable bonds is 6. The summed E-state index contributed by atoms with van der Waals surface area (Å²) >= 11 is 6.13. The quantitative estimate of drug-likeness (QED) is 0.515. The van der Waals surface area contributed by atoms with Crippen molar-refractivity contribution in [3.8, 4) is 0 Å². The number of benzene rings is 2. The molecule has 1 aliphatic heterocycles. The van der Waals surface area contributed by atoms with Gasteiger partial charge in [-0.3, -0.25) is 4.79 Å². The Kier molecular flexibility index (Phi) is 6.59. The van der Waals surface area contributed by atoms with Crippen LogP contribution in [0.25, 0.3) is 10.9 Å². The Morgan fingerprint density at radius 2 is 1.90 bits per heavy atom. The number of hydrogen-bond acceptors (Lipinski definition) is 3. The summed E-state index contributed by atoms with van der Waals surface area (Å²) in [6, 6.07) is 15.8. The van der Waals surface area contributed by atoms with Crippen molar-refractivity contribution in [2.75, 3.05) is 32.1 Å². The van der Waals surface area contributed by atoms with E-state index in [1.165, 1.54) is 17.6 Å². The van der Waals surface area contributed by atoms with Gasteiger partial charge in [0.25, 0.3) is 5.91 Å². The summed E-state index contributed by atoms with van der Waals surface area (Å²) in [6.45, 7) is 2.30. The topological polar surface area (TPSA) is 75.6 Å². The second-order valence-electron chi connectivity index (χ2n) is 8.16. The highest BCUT2D eigenvalue weighted by Gasteiger charge is 2.26. The molecular weight excluding hydrogens is 414 g/mol. The molecule has 162 valence electrons. The van der Waals surface area contributed by atoms with Gasteiger partial charge in [-0.05, 0) is 48.9 Å². The number of carbonyl (C=O) groups is 2. The lowest BCUT2D eigenvalue weighted by Crippen LogP contribution is -3.14. The number of esters is 1. The first-order valence-electron chi connectivity index (χ1n) is 10.6. The molecule has 0 unspecified atom stereocenters. The highest BCUT2D eigenvalue weighted by atomic mass is 35.5. The van der Waals surface area contributed by atoms with Gasteiger partial charge < -0.3 is 19.9 Å². The van der Waals surface area contributed by atoms with E-state index in [1.54, 1.807) is 18.2 Å². The van der Waals surface area contributed by atoms with Gasteiger partial charge in [0, 0.05) is 15.9 Å². The van der Waals surface area contributed by atoms with Gasteiger partial charge >= 0.3 is 5.97 Å². The number of halogens is 1. The maximum Gasteiger partial charge on any atom is 0.356 e. The largest absolute Gasteiger partial charge is 0.464 e. The minimum Gasteiger partial charge on any atom is -0.464 e. The molecule has 1 fully saturated rings. The van der Waals surface area contributed by atoms with Crippen molar-refractivity contribution in [1.82, 2.24) is 4.98 Å². The zero-order chi connectivity index (χ0) is 21.8. The molecule has 31 heavy (non-hydrogen) atoms. The average molecular weight is 441 g/mol. The van der Waals surface area contributed by atoms with Crippen LogP contribution in [-0.2, 0) is 16.0 Å². The smallest absolute Gasteiger partial charge is 0.356 e. The van der Waals surface area contributed by atoms with Crippen LogP contribution in [0, 0.1) is 5.92 Å². The molecule has 1 amide bonds. The lowest BCUT2D eigenvalue weighted by Gasteiger charge is -2.29. The van der Waals surface area contributed by atoms with E-state index in [0.717, 1.165) is 32.4 Å². The van der Waals surface area contributed by atoms with Crippen molar-refractivity contribution in [2.24, 2.45) is 5.92 Å². The number of amides is 1. The number of fused-ring (bicyclic) bond motifs is 1. The van der Waals surface area contributed by atoms with Crippen molar-refractivity contribution in [1.29, 1.82) is 0 Å². The van der Waals surface area contributed by atoms with Gasteiger partial charge in [0.2, 0.25) is 0 Å². The molecule has 0 bridgehead atoms. The van der Waals surface area contributed by atoms with Crippen molar-refractivity contribution < 1.29 is 19.2 Å². The van der Waals surface area contributed by atoms with E-state index >= 15 is 0 Å². The van der Waals surface area contributed by atoms with Crippen molar-refractivity contribution in [2.45, 2.75) is 19.3 Å². The van der Waals surface area contributed by atoms with Gasteiger partial charge in [-0.1, -0.05) is 41.9 Å². The number of H-pyrrole nitrogens is 1. The molecule has 1 aliphatic rings. The van der Waals surface area contributed by atoms with Gasteiger partial charge in [-0.25, -0.2) is 4.79 Å². The minimum atomic E-state index is -0.531. The Bertz CT molecular complexity index is 1070. The summed E-state index contributed by atoms with van der Waals surface area (Å²) in [5, 5.41) is 4.15. The summed E-state index contributed by atoms with van der Waals surface area (Å²) < 4.78 is 4.87. The Balaban J connectivity index is 1.39. The highest BCUT2D eigenvalue weighted by molar-refractivity contribution is 6.31. The Morgan fingerprint density at radius 3 is 2.61 bits per heavy atom. The number of hydrogen-bond donors (Lipinski definition) is 3. The lowest BCUT2D eigenvalue weighted by atomic mass is 9.90. The molecule has 1 aromatic heterocycles. The van der Waals surface area contributed by atoms with Crippen LogP contribution >= 0.6 is 11.6 Å². The molecule has 6 nitrogen and oxygen atoms in total. The first-order valence-corrected chi connectivity index (χ1v) is 11.0. The number of nitrogens with one attached hydrogen (secondary N) is 3. The maximum atomic E-state index is 12.8. The maximum absolute atomic E-state index is 12.8. The molecule has 1 saturated heterocycles. The van der Waals surface area contributed by atoms with E-state index < -0.39 is 5.97 Å². The van der Waals surface area contributed by atoms with Gasteiger partial charge in [0.15, 0.2) is 6.54 Å². The molecule has 0 aliphatic carbocycles. The van der Waals surface area contributed by atoms with Crippen LogP contribution in [0.4, 0.5) is 5.69 Å². The molecule has 4 rings (SSSR count). The third-order valence-corrected chi connectivity index (χ3v) is 6.24. The Morgan fingerprint density at radius 1 is 1.16 bits per heavy atom. The summed E-state index contributed by atoms with van der Waals surface area (Å²) in [5.41, 5.74) is 2.74. The van der Waals surface area contributed by atoms with Gasteiger partial charge in [-0.2, -0.15) is 0 Å². The number of methoxy groups -OCH3 is 1. The summed E-state index contributed by atoms with van der Waals surface area (Å²) in [6.07, 6.45) is 3.31. The standard InChI is InChI=1S/C24H26ClN3O3/c1-31-24(30)23-22(19-14-18(25)7-8-20(19)26-23)27-21(29)15-28-11-9-17(10-12-28)13-16-5-3-2-4-6-16/h2-8,14,17,26H,9-13,15H2,1H3,(H,27,29)/p+1. The van der Waals surface area contributed by atoms with E-state index in [0.29, 0.717) is 34.1 Å². The molecule has 0 radical (unpaired) electrons. The number of carbonyl (C=O) groups excluding carboxylic acids is 2. The third kappa shape index (κ3) is 5.09. The fourth-order valence-electron chi connectivity index (χ4n) is 4.37. The monoisotopic (exact) mass is 440 g/mol. The Hall–Kier alpha value is -2.83. The number of likely N-dealkylation sites (tertiary alicyclic amines) is 1. The van der Waals surface area contributed by atoms with E-state index in [1.807, 2.05) is 6.07 Å². The molecule has 2 heterocycles.